The van der Waals surface area contributed by atoms with Crippen LogP contribution in [0.15, 0.2) is 36.5 Å². The van der Waals surface area contributed by atoms with E-state index < -0.39 is 0 Å². The minimum absolute atomic E-state index is 0.154. The lowest BCUT2D eigenvalue weighted by atomic mass is 10.1. The standard InChI is InChI=1S/C17H21N3O3/c1-12-6-7-15(13(2)11-12)23-10-8-16(21)18-19-17(22)14-5-4-9-20(14)3/h4-7,9,11H,8,10H2,1-3H3,(H,18,21)(H,19,22). The Kier molecular flexibility index (Phi) is 5.41. The molecule has 0 atom stereocenters. The summed E-state index contributed by atoms with van der Waals surface area (Å²) in [4.78, 5) is 23.5. The third-order valence-corrected chi connectivity index (χ3v) is 3.41. The van der Waals surface area contributed by atoms with Gasteiger partial charge in [0.25, 0.3) is 5.91 Å². The molecule has 0 bridgehead atoms. The van der Waals surface area contributed by atoms with Gasteiger partial charge >= 0.3 is 0 Å². The predicted octanol–water partition coefficient (Wildman–Crippen LogP) is 1.87. The first-order chi connectivity index (χ1) is 11.0. The number of nitrogens with one attached hydrogen (secondary N) is 2. The van der Waals surface area contributed by atoms with Gasteiger partial charge in [-0.05, 0) is 37.6 Å². The number of amides is 2. The predicted molar refractivity (Wildman–Crippen MR) is 87.0 cm³/mol. The molecule has 2 rings (SSSR count). The Morgan fingerprint density at radius 1 is 1.17 bits per heavy atom. The van der Waals surface area contributed by atoms with Crippen molar-refractivity contribution in [2.24, 2.45) is 7.05 Å². The summed E-state index contributed by atoms with van der Waals surface area (Å²) in [6, 6.07) is 9.30. The quantitative estimate of drug-likeness (QED) is 0.827. The molecule has 6 nitrogen and oxygen atoms in total. The lowest BCUT2D eigenvalue weighted by Gasteiger charge is -2.10. The summed E-state index contributed by atoms with van der Waals surface area (Å²) >= 11 is 0. The molecular formula is C17H21N3O3. The summed E-state index contributed by atoms with van der Waals surface area (Å²) in [7, 11) is 1.76. The van der Waals surface area contributed by atoms with Gasteiger partial charge in [0.05, 0.1) is 13.0 Å². The van der Waals surface area contributed by atoms with Crippen LogP contribution in [0.1, 0.15) is 28.0 Å². The van der Waals surface area contributed by atoms with Gasteiger partial charge in [-0.25, -0.2) is 0 Å². The van der Waals surface area contributed by atoms with E-state index in [0.29, 0.717) is 5.69 Å². The van der Waals surface area contributed by atoms with E-state index >= 15 is 0 Å². The summed E-state index contributed by atoms with van der Waals surface area (Å²) in [6.45, 7) is 4.22. The first kappa shape index (κ1) is 16.6. The number of hydrogen-bond acceptors (Lipinski definition) is 3. The molecule has 0 spiro atoms. The van der Waals surface area contributed by atoms with Crippen molar-refractivity contribution in [2.75, 3.05) is 6.61 Å². The minimum Gasteiger partial charge on any atom is -0.493 e. The molecule has 0 saturated heterocycles. The third-order valence-electron chi connectivity index (χ3n) is 3.41. The first-order valence-corrected chi connectivity index (χ1v) is 7.38. The van der Waals surface area contributed by atoms with Crippen LogP contribution < -0.4 is 15.6 Å². The normalized spacial score (nSPS) is 10.2. The summed E-state index contributed by atoms with van der Waals surface area (Å²) < 4.78 is 7.25. The number of carbonyl (C=O) groups is 2. The summed E-state index contributed by atoms with van der Waals surface area (Å²) in [5, 5.41) is 0. The van der Waals surface area contributed by atoms with Crippen molar-refractivity contribution in [3.63, 3.8) is 0 Å². The fraction of sp³-hybridized carbons (Fsp3) is 0.294. The van der Waals surface area contributed by atoms with Crippen LogP contribution in [0.25, 0.3) is 0 Å². The van der Waals surface area contributed by atoms with Gasteiger partial charge in [-0.15, -0.1) is 0 Å². The fourth-order valence-electron chi connectivity index (χ4n) is 2.16. The molecule has 0 radical (unpaired) electrons. The zero-order chi connectivity index (χ0) is 16.8. The average Bonchev–Trinajstić information content (AvgIpc) is 2.93. The van der Waals surface area contributed by atoms with Crippen molar-refractivity contribution < 1.29 is 14.3 Å². The number of aromatic nitrogens is 1. The monoisotopic (exact) mass is 315 g/mol. The second-order valence-corrected chi connectivity index (χ2v) is 5.37. The smallest absolute Gasteiger partial charge is 0.286 e. The van der Waals surface area contributed by atoms with Crippen molar-refractivity contribution in [1.82, 2.24) is 15.4 Å². The lowest BCUT2D eigenvalue weighted by Crippen LogP contribution is -2.42. The van der Waals surface area contributed by atoms with E-state index in [9.17, 15) is 9.59 Å². The average molecular weight is 315 g/mol. The number of hydrogen-bond donors (Lipinski definition) is 2. The zero-order valence-electron chi connectivity index (χ0n) is 13.6. The Morgan fingerprint density at radius 2 is 1.96 bits per heavy atom. The minimum atomic E-state index is -0.360. The van der Waals surface area contributed by atoms with Crippen molar-refractivity contribution in [1.29, 1.82) is 0 Å². The molecule has 2 aromatic rings. The summed E-state index contributed by atoms with van der Waals surface area (Å²) in [5.74, 6) is 0.0923. The van der Waals surface area contributed by atoms with Crippen LogP contribution in [0.2, 0.25) is 0 Å². The Labute approximate surface area is 135 Å². The van der Waals surface area contributed by atoms with Gasteiger partial charge in [0, 0.05) is 13.2 Å². The Hall–Kier alpha value is -2.76. The van der Waals surface area contributed by atoms with Crippen molar-refractivity contribution >= 4 is 11.8 Å². The summed E-state index contributed by atoms with van der Waals surface area (Å²) in [5.41, 5.74) is 7.42. The van der Waals surface area contributed by atoms with Crippen LogP contribution in [0, 0.1) is 13.8 Å². The molecule has 0 aliphatic heterocycles. The number of nitrogens with zero attached hydrogens (tertiary/aromatic N) is 1. The van der Waals surface area contributed by atoms with Gasteiger partial charge in [-0.1, -0.05) is 17.7 Å². The van der Waals surface area contributed by atoms with E-state index in [2.05, 4.69) is 10.9 Å². The summed E-state index contributed by atoms with van der Waals surface area (Å²) in [6.07, 6.45) is 1.91. The third kappa shape index (κ3) is 4.60. The maximum absolute atomic E-state index is 11.8. The fourth-order valence-corrected chi connectivity index (χ4v) is 2.16. The highest BCUT2D eigenvalue weighted by Gasteiger charge is 2.10. The molecule has 0 saturated carbocycles. The van der Waals surface area contributed by atoms with Crippen LogP contribution >= 0.6 is 0 Å². The number of benzene rings is 1. The molecule has 1 heterocycles. The van der Waals surface area contributed by atoms with E-state index in [1.165, 1.54) is 0 Å². The first-order valence-electron chi connectivity index (χ1n) is 7.38. The molecule has 6 heteroatoms. The maximum atomic E-state index is 11.8. The highest BCUT2D eigenvalue weighted by molar-refractivity contribution is 5.94. The molecule has 0 unspecified atom stereocenters. The Balaban J connectivity index is 1.73. The van der Waals surface area contributed by atoms with Crippen LogP contribution in [-0.2, 0) is 11.8 Å². The number of rotatable bonds is 5. The molecular weight excluding hydrogens is 294 g/mol. The lowest BCUT2D eigenvalue weighted by molar-refractivity contribution is -0.122. The Morgan fingerprint density at radius 3 is 2.61 bits per heavy atom. The SMILES string of the molecule is Cc1ccc(OCCC(=O)NNC(=O)c2cccn2C)c(C)c1. The van der Waals surface area contributed by atoms with E-state index in [0.717, 1.165) is 16.9 Å². The number of carbonyl (C=O) groups excluding carboxylic acids is 2. The maximum Gasteiger partial charge on any atom is 0.286 e. The van der Waals surface area contributed by atoms with Gasteiger partial charge in [-0.3, -0.25) is 20.4 Å². The zero-order valence-corrected chi connectivity index (χ0v) is 13.6. The van der Waals surface area contributed by atoms with Gasteiger partial charge in [0.2, 0.25) is 5.91 Å². The van der Waals surface area contributed by atoms with E-state index in [1.807, 2.05) is 32.0 Å². The largest absolute Gasteiger partial charge is 0.493 e. The van der Waals surface area contributed by atoms with Crippen LogP contribution in [0.5, 0.6) is 5.75 Å². The second kappa shape index (κ2) is 7.49. The Bertz CT molecular complexity index is 707. The van der Waals surface area contributed by atoms with Gasteiger partial charge in [0.15, 0.2) is 0 Å². The number of aryl methyl sites for hydroxylation is 3. The molecule has 1 aromatic heterocycles. The van der Waals surface area contributed by atoms with E-state index in [1.54, 1.807) is 29.9 Å². The van der Waals surface area contributed by atoms with Gasteiger partial charge in [-0.2, -0.15) is 0 Å². The van der Waals surface area contributed by atoms with Crippen molar-refractivity contribution in [3.05, 3.63) is 53.3 Å². The van der Waals surface area contributed by atoms with Crippen LogP contribution in [0.3, 0.4) is 0 Å². The van der Waals surface area contributed by atoms with Gasteiger partial charge in [0.1, 0.15) is 11.4 Å². The molecule has 2 N–H and O–H groups in total. The number of hydrazine groups is 1. The molecule has 122 valence electrons. The second-order valence-electron chi connectivity index (χ2n) is 5.37. The van der Waals surface area contributed by atoms with Crippen molar-refractivity contribution in [2.45, 2.75) is 20.3 Å². The molecule has 2 amide bonds. The number of ether oxygens (including phenoxy) is 1. The highest BCUT2D eigenvalue weighted by Crippen LogP contribution is 2.18. The van der Waals surface area contributed by atoms with Crippen LogP contribution in [-0.4, -0.2) is 23.0 Å². The molecule has 0 aliphatic rings. The van der Waals surface area contributed by atoms with E-state index in [-0.39, 0.29) is 24.8 Å². The van der Waals surface area contributed by atoms with Crippen molar-refractivity contribution in [3.8, 4) is 5.75 Å². The van der Waals surface area contributed by atoms with Gasteiger partial charge < -0.3 is 9.30 Å². The molecule has 23 heavy (non-hydrogen) atoms. The van der Waals surface area contributed by atoms with E-state index in [4.69, 9.17) is 4.74 Å². The van der Waals surface area contributed by atoms with Crippen LogP contribution in [0.4, 0.5) is 0 Å². The molecule has 0 aliphatic carbocycles. The molecule has 1 aromatic carbocycles. The topological polar surface area (TPSA) is 72.4 Å². The highest BCUT2D eigenvalue weighted by atomic mass is 16.5. The molecule has 0 fully saturated rings.